The number of ether oxygens (including phenoxy) is 1. The van der Waals surface area contributed by atoms with Crippen molar-refractivity contribution in [3.63, 3.8) is 0 Å². The van der Waals surface area contributed by atoms with Crippen LogP contribution in [0.2, 0.25) is 0 Å². The van der Waals surface area contributed by atoms with Gasteiger partial charge in [-0.25, -0.2) is 5.43 Å². The molecule has 1 aromatic heterocycles. The maximum atomic E-state index is 12.5. The molecule has 0 saturated carbocycles. The SMILES string of the molecule is COc1cc(/C(C)=N/NC(=O)CSc2nnc(-c3ccccc3)n2-c2ccc(Br)cc2)ccc1O. The molecule has 35 heavy (non-hydrogen) atoms. The van der Waals surface area contributed by atoms with Gasteiger partial charge in [0.05, 0.1) is 18.6 Å². The number of nitrogens with one attached hydrogen (secondary N) is 1. The van der Waals surface area contributed by atoms with Gasteiger partial charge in [-0.05, 0) is 49.4 Å². The molecule has 1 amide bonds. The third kappa shape index (κ3) is 5.90. The van der Waals surface area contributed by atoms with Crippen LogP contribution in [0.4, 0.5) is 0 Å². The summed E-state index contributed by atoms with van der Waals surface area (Å²) in [7, 11) is 1.47. The number of amides is 1. The molecule has 0 radical (unpaired) electrons. The Morgan fingerprint density at radius 3 is 2.57 bits per heavy atom. The first kappa shape index (κ1) is 24.5. The van der Waals surface area contributed by atoms with E-state index in [1.54, 1.807) is 19.1 Å². The van der Waals surface area contributed by atoms with Crippen LogP contribution in [0.5, 0.6) is 11.5 Å². The molecule has 1 heterocycles. The van der Waals surface area contributed by atoms with Gasteiger partial charge in [-0.3, -0.25) is 9.36 Å². The van der Waals surface area contributed by atoms with Crippen molar-refractivity contribution in [2.75, 3.05) is 12.9 Å². The van der Waals surface area contributed by atoms with Gasteiger partial charge in [-0.1, -0.05) is 58.0 Å². The van der Waals surface area contributed by atoms with Crippen molar-refractivity contribution in [1.82, 2.24) is 20.2 Å². The molecule has 4 rings (SSSR count). The fourth-order valence-corrected chi connectivity index (χ4v) is 4.24. The number of hydrogen-bond acceptors (Lipinski definition) is 7. The van der Waals surface area contributed by atoms with E-state index in [-0.39, 0.29) is 17.4 Å². The topological polar surface area (TPSA) is 102 Å². The van der Waals surface area contributed by atoms with E-state index in [0.717, 1.165) is 21.3 Å². The highest BCUT2D eigenvalue weighted by molar-refractivity contribution is 9.10. The molecule has 0 saturated heterocycles. The molecule has 0 atom stereocenters. The number of carbonyl (C=O) groups is 1. The predicted molar refractivity (Wildman–Crippen MR) is 140 cm³/mol. The van der Waals surface area contributed by atoms with E-state index in [1.807, 2.05) is 59.2 Å². The molecule has 0 unspecified atom stereocenters. The van der Waals surface area contributed by atoms with E-state index in [9.17, 15) is 9.90 Å². The average molecular weight is 552 g/mol. The standard InChI is InChI=1S/C25H22BrN5O3S/c1-16(18-8-13-21(32)22(14-18)34-2)27-28-23(33)15-35-25-30-29-24(17-6-4-3-5-7-17)31(25)20-11-9-19(26)10-12-20/h3-14,32H,15H2,1-2H3,(H,28,33)/b27-16+. The fraction of sp³-hybridized carbons (Fsp3) is 0.120. The van der Waals surface area contributed by atoms with Gasteiger partial charge in [0, 0.05) is 21.3 Å². The van der Waals surface area contributed by atoms with E-state index in [4.69, 9.17) is 4.74 Å². The lowest BCUT2D eigenvalue weighted by atomic mass is 10.1. The second kappa shape index (κ2) is 11.2. The van der Waals surface area contributed by atoms with Crippen LogP contribution in [-0.4, -0.2) is 44.4 Å². The molecule has 4 aromatic rings. The first-order valence-corrected chi connectivity index (χ1v) is 12.3. The van der Waals surface area contributed by atoms with Gasteiger partial charge < -0.3 is 9.84 Å². The highest BCUT2D eigenvalue weighted by Crippen LogP contribution is 2.29. The van der Waals surface area contributed by atoms with Crippen molar-refractivity contribution in [3.05, 3.63) is 82.8 Å². The maximum Gasteiger partial charge on any atom is 0.250 e. The third-order valence-corrected chi connectivity index (χ3v) is 6.49. The molecular weight excluding hydrogens is 530 g/mol. The number of hydrogen-bond donors (Lipinski definition) is 2. The Balaban J connectivity index is 1.50. The highest BCUT2D eigenvalue weighted by Gasteiger charge is 2.17. The van der Waals surface area contributed by atoms with Crippen LogP contribution in [0, 0.1) is 0 Å². The summed E-state index contributed by atoms with van der Waals surface area (Å²) in [5.41, 5.74) is 5.67. The quantitative estimate of drug-likeness (QED) is 0.180. The summed E-state index contributed by atoms with van der Waals surface area (Å²) < 4.78 is 8.01. The Bertz CT molecular complexity index is 1360. The fourth-order valence-electron chi connectivity index (χ4n) is 3.24. The van der Waals surface area contributed by atoms with E-state index in [0.29, 0.717) is 22.4 Å². The molecule has 0 aliphatic carbocycles. The number of carbonyl (C=O) groups excluding carboxylic acids is 1. The molecule has 2 N–H and O–H groups in total. The number of phenolic OH excluding ortho intramolecular Hbond substituents is 1. The molecular formula is C25H22BrN5O3S. The molecule has 178 valence electrons. The molecule has 0 fully saturated rings. The summed E-state index contributed by atoms with van der Waals surface area (Å²) in [5.74, 6) is 0.867. The molecule has 0 aliphatic rings. The van der Waals surface area contributed by atoms with Gasteiger partial charge in [-0.2, -0.15) is 5.10 Å². The number of nitrogens with zero attached hydrogens (tertiary/aromatic N) is 4. The summed E-state index contributed by atoms with van der Waals surface area (Å²) in [6.07, 6.45) is 0. The lowest BCUT2D eigenvalue weighted by Crippen LogP contribution is -2.21. The third-order valence-electron chi connectivity index (χ3n) is 5.03. The normalized spacial score (nSPS) is 11.3. The van der Waals surface area contributed by atoms with Gasteiger partial charge in [0.1, 0.15) is 0 Å². The number of thioether (sulfide) groups is 1. The number of rotatable bonds is 8. The molecule has 0 spiro atoms. The summed E-state index contributed by atoms with van der Waals surface area (Å²) in [5, 5.41) is 23.2. The Morgan fingerprint density at radius 1 is 1.11 bits per heavy atom. The number of methoxy groups -OCH3 is 1. The van der Waals surface area contributed by atoms with E-state index >= 15 is 0 Å². The Labute approximate surface area is 215 Å². The molecule has 10 heteroatoms. The van der Waals surface area contributed by atoms with Gasteiger partial charge in [0.25, 0.3) is 5.91 Å². The Hall–Kier alpha value is -3.63. The molecule has 0 bridgehead atoms. The number of aromatic hydroxyl groups is 1. The van der Waals surface area contributed by atoms with Crippen LogP contribution in [0.25, 0.3) is 17.1 Å². The minimum atomic E-state index is -0.285. The Morgan fingerprint density at radius 2 is 1.86 bits per heavy atom. The summed E-state index contributed by atoms with van der Waals surface area (Å²) >= 11 is 4.74. The first-order valence-electron chi connectivity index (χ1n) is 10.6. The van der Waals surface area contributed by atoms with Crippen LogP contribution in [0.1, 0.15) is 12.5 Å². The predicted octanol–water partition coefficient (Wildman–Crippen LogP) is 5.04. The first-order chi connectivity index (χ1) is 17.0. The Kier molecular flexibility index (Phi) is 7.84. The average Bonchev–Trinajstić information content (AvgIpc) is 3.31. The highest BCUT2D eigenvalue weighted by atomic mass is 79.9. The summed E-state index contributed by atoms with van der Waals surface area (Å²) in [6.45, 7) is 1.76. The van der Waals surface area contributed by atoms with Gasteiger partial charge in [0.2, 0.25) is 0 Å². The smallest absolute Gasteiger partial charge is 0.250 e. The largest absolute Gasteiger partial charge is 0.504 e. The van der Waals surface area contributed by atoms with Crippen molar-refractivity contribution < 1.29 is 14.6 Å². The van der Waals surface area contributed by atoms with E-state index < -0.39 is 0 Å². The zero-order chi connectivity index (χ0) is 24.8. The minimum Gasteiger partial charge on any atom is -0.504 e. The zero-order valence-corrected chi connectivity index (χ0v) is 21.4. The number of halogens is 1. The van der Waals surface area contributed by atoms with Crippen LogP contribution in [0.15, 0.2) is 87.5 Å². The van der Waals surface area contributed by atoms with Crippen molar-refractivity contribution >= 4 is 39.3 Å². The van der Waals surface area contributed by atoms with Gasteiger partial charge in [0.15, 0.2) is 22.5 Å². The summed E-state index contributed by atoms with van der Waals surface area (Å²) in [4.78, 5) is 12.5. The lowest BCUT2D eigenvalue weighted by Gasteiger charge is -2.10. The van der Waals surface area contributed by atoms with Gasteiger partial charge in [-0.15, -0.1) is 10.2 Å². The van der Waals surface area contributed by atoms with Crippen molar-refractivity contribution in [2.24, 2.45) is 5.10 Å². The second-order valence-corrected chi connectivity index (χ2v) is 9.25. The number of hydrazone groups is 1. The van der Waals surface area contributed by atoms with Crippen LogP contribution < -0.4 is 10.2 Å². The minimum absolute atomic E-state index is 0.0363. The van der Waals surface area contributed by atoms with E-state index in [1.165, 1.54) is 24.9 Å². The number of aromatic nitrogens is 3. The van der Waals surface area contributed by atoms with Crippen LogP contribution in [0.3, 0.4) is 0 Å². The van der Waals surface area contributed by atoms with Crippen molar-refractivity contribution in [2.45, 2.75) is 12.1 Å². The second-order valence-electron chi connectivity index (χ2n) is 7.39. The van der Waals surface area contributed by atoms with Crippen molar-refractivity contribution in [1.29, 1.82) is 0 Å². The molecule has 8 nitrogen and oxygen atoms in total. The number of phenols is 1. The molecule has 3 aromatic carbocycles. The van der Waals surface area contributed by atoms with E-state index in [2.05, 4.69) is 36.7 Å². The monoisotopic (exact) mass is 551 g/mol. The number of benzene rings is 3. The summed E-state index contributed by atoms with van der Waals surface area (Å²) in [6, 6.07) is 22.5. The molecule has 0 aliphatic heterocycles. The zero-order valence-electron chi connectivity index (χ0n) is 19.0. The lowest BCUT2D eigenvalue weighted by molar-refractivity contribution is -0.118. The van der Waals surface area contributed by atoms with Crippen LogP contribution >= 0.6 is 27.7 Å². The van der Waals surface area contributed by atoms with Gasteiger partial charge >= 0.3 is 0 Å². The van der Waals surface area contributed by atoms with Crippen LogP contribution in [-0.2, 0) is 4.79 Å². The maximum absolute atomic E-state index is 12.5. The van der Waals surface area contributed by atoms with Crippen molar-refractivity contribution in [3.8, 4) is 28.6 Å².